The molecule has 5 nitrogen and oxygen atoms in total. The van der Waals surface area contributed by atoms with Gasteiger partial charge in [-0.25, -0.2) is 0 Å². The van der Waals surface area contributed by atoms with Gasteiger partial charge in [0, 0.05) is 16.4 Å². The number of ether oxygens (including phenoxy) is 1. The van der Waals surface area contributed by atoms with Crippen molar-refractivity contribution in [2.24, 2.45) is 0 Å². The fraction of sp³-hybridized carbons (Fsp3) is 0.294. The van der Waals surface area contributed by atoms with E-state index in [2.05, 4.69) is 5.32 Å². The van der Waals surface area contributed by atoms with Crippen LogP contribution >= 0.6 is 34.5 Å². The minimum atomic E-state index is -0.292. The molecule has 0 aliphatic carbocycles. The molecule has 0 saturated heterocycles. The Morgan fingerprint density at radius 2 is 2.08 bits per heavy atom. The molecular weight excluding hydrogens is 383 g/mol. The van der Waals surface area contributed by atoms with Crippen molar-refractivity contribution in [1.82, 2.24) is 10.2 Å². The standard InChI is InChI=1S/C17H18Cl2N2O3S/c1-2-21(10-16(22)20-9-13-4-3-7-25-13)17(23)11-24-15-6-5-12(18)8-14(15)19/h3-8H,2,9-11H2,1H3,(H,20,22). The first-order valence-corrected chi connectivity index (χ1v) is 9.28. The summed E-state index contributed by atoms with van der Waals surface area (Å²) in [7, 11) is 0. The molecule has 1 heterocycles. The van der Waals surface area contributed by atoms with Gasteiger partial charge in [-0.05, 0) is 36.6 Å². The van der Waals surface area contributed by atoms with E-state index in [-0.39, 0.29) is 25.0 Å². The highest BCUT2D eigenvalue weighted by atomic mass is 35.5. The Morgan fingerprint density at radius 3 is 2.72 bits per heavy atom. The number of benzene rings is 1. The van der Waals surface area contributed by atoms with Gasteiger partial charge < -0.3 is 15.0 Å². The van der Waals surface area contributed by atoms with Gasteiger partial charge in [0.1, 0.15) is 5.75 Å². The van der Waals surface area contributed by atoms with Crippen molar-refractivity contribution in [2.75, 3.05) is 19.7 Å². The molecule has 0 radical (unpaired) electrons. The number of nitrogens with one attached hydrogen (secondary N) is 1. The quantitative estimate of drug-likeness (QED) is 0.736. The molecule has 0 aliphatic rings. The molecule has 0 atom stereocenters. The minimum Gasteiger partial charge on any atom is -0.482 e. The molecular formula is C17H18Cl2N2O3S. The zero-order valence-corrected chi connectivity index (χ0v) is 16.0. The van der Waals surface area contributed by atoms with E-state index in [4.69, 9.17) is 27.9 Å². The Labute approximate surface area is 160 Å². The van der Waals surface area contributed by atoms with Crippen molar-refractivity contribution in [3.05, 3.63) is 50.6 Å². The SMILES string of the molecule is CCN(CC(=O)NCc1cccs1)C(=O)COc1ccc(Cl)cc1Cl. The second kappa shape index (κ2) is 9.65. The minimum absolute atomic E-state index is 0.0155. The summed E-state index contributed by atoms with van der Waals surface area (Å²) in [5.74, 6) is -0.134. The van der Waals surface area contributed by atoms with E-state index < -0.39 is 0 Å². The van der Waals surface area contributed by atoms with Crippen molar-refractivity contribution < 1.29 is 14.3 Å². The number of hydrogen-bond acceptors (Lipinski definition) is 4. The monoisotopic (exact) mass is 400 g/mol. The van der Waals surface area contributed by atoms with Gasteiger partial charge in [0.25, 0.3) is 5.91 Å². The van der Waals surface area contributed by atoms with Crippen LogP contribution in [-0.2, 0) is 16.1 Å². The average Bonchev–Trinajstić information content (AvgIpc) is 3.10. The lowest BCUT2D eigenvalue weighted by molar-refractivity contribution is -0.137. The molecule has 8 heteroatoms. The second-order valence-corrected chi connectivity index (χ2v) is 7.00. The summed E-state index contributed by atoms with van der Waals surface area (Å²) in [4.78, 5) is 26.7. The number of rotatable bonds is 8. The van der Waals surface area contributed by atoms with Crippen LogP contribution in [-0.4, -0.2) is 36.4 Å². The summed E-state index contributed by atoms with van der Waals surface area (Å²) in [6.07, 6.45) is 0. The predicted molar refractivity (Wildman–Crippen MR) is 100 cm³/mol. The molecule has 0 saturated carbocycles. The number of carbonyl (C=O) groups excluding carboxylic acids is 2. The summed E-state index contributed by atoms with van der Waals surface area (Å²) in [6.45, 7) is 2.45. The number of halogens is 2. The first kappa shape index (κ1) is 19.6. The van der Waals surface area contributed by atoms with E-state index in [1.165, 1.54) is 4.90 Å². The van der Waals surface area contributed by atoms with Gasteiger partial charge in [0.05, 0.1) is 18.1 Å². The fourth-order valence-electron chi connectivity index (χ4n) is 2.03. The third-order valence-electron chi connectivity index (χ3n) is 3.35. The summed E-state index contributed by atoms with van der Waals surface area (Å²) in [5.41, 5.74) is 0. The first-order valence-electron chi connectivity index (χ1n) is 7.64. The Hall–Kier alpha value is -1.76. The number of hydrogen-bond donors (Lipinski definition) is 1. The number of nitrogens with zero attached hydrogens (tertiary/aromatic N) is 1. The lowest BCUT2D eigenvalue weighted by atomic mass is 10.3. The van der Waals surface area contributed by atoms with Crippen molar-refractivity contribution in [1.29, 1.82) is 0 Å². The maximum atomic E-state index is 12.2. The first-order chi connectivity index (χ1) is 12.0. The number of amides is 2. The molecule has 1 aromatic carbocycles. The molecule has 1 aromatic heterocycles. The molecule has 1 N–H and O–H groups in total. The van der Waals surface area contributed by atoms with Crippen LogP contribution in [0.5, 0.6) is 5.75 Å². The van der Waals surface area contributed by atoms with Gasteiger partial charge in [0.15, 0.2) is 6.61 Å². The van der Waals surface area contributed by atoms with Gasteiger partial charge in [-0.3, -0.25) is 9.59 Å². The summed E-state index contributed by atoms with van der Waals surface area (Å²) < 4.78 is 5.42. The highest BCUT2D eigenvalue weighted by molar-refractivity contribution is 7.09. The third-order valence-corrected chi connectivity index (χ3v) is 4.76. The van der Waals surface area contributed by atoms with E-state index in [1.807, 2.05) is 17.5 Å². The largest absolute Gasteiger partial charge is 0.482 e. The smallest absolute Gasteiger partial charge is 0.260 e. The van der Waals surface area contributed by atoms with E-state index in [1.54, 1.807) is 36.5 Å². The summed E-state index contributed by atoms with van der Waals surface area (Å²) in [6, 6.07) is 8.63. The molecule has 0 bridgehead atoms. The van der Waals surface area contributed by atoms with Crippen LogP contribution in [0.1, 0.15) is 11.8 Å². The second-order valence-electron chi connectivity index (χ2n) is 5.13. The fourth-order valence-corrected chi connectivity index (χ4v) is 3.14. The number of carbonyl (C=O) groups is 2. The van der Waals surface area contributed by atoms with Crippen molar-refractivity contribution in [3.63, 3.8) is 0 Å². The average molecular weight is 401 g/mol. The van der Waals surface area contributed by atoms with Gasteiger partial charge in [0.2, 0.25) is 5.91 Å². The van der Waals surface area contributed by atoms with Crippen LogP contribution in [0.4, 0.5) is 0 Å². The maximum Gasteiger partial charge on any atom is 0.260 e. The number of thiophene rings is 1. The van der Waals surface area contributed by atoms with Crippen molar-refractivity contribution >= 4 is 46.4 Å². The summed E-state index contributed by atoms with van der Waals surface area (Å²) in [5, 5.41) is 5.56. The van der Waals surface area contributed by atoms with E-state index in [0.717, 1.165) is 4.88 Å². The Balaban J connectivity index is 1.82. The van der Waals surface area contributed by atoms with Gasteiger partial charge >= 0.3 is 0 Å². The molecule has 25 heavy (non-hydrogen) atoms. The maximum absolute atomic E-state index is 12.2. The molecule has 0 fully saturated rings. The van der Waals surface area contributed by atoms with Crippen molar-refractivity contribution in [3.8, 4) is 5.75 Å². The summed E-state index contributed by atoms with van der Waals surface area (Å²) >= 11 is 13.4. The van der Waals surface area contributed by atoms with Gasteiger partial charge in [-0.15, -0.1) is 11.3 Å². The van der Waals surface area contributed by atoms with Crippen LogP contribution < -0.4 is 10.1 Å². The highest BCUT2D eigenvalue weighted by Gasteiger charge is 2.16. The van der Waals surface area contributed by atoms with Gasteiger partial charge in [-0.1, -0.05) is 29.3 Å². The Morgan fingerprint density at radius 1 is 1.28 bits per heavy atom. The van der Waals surface area contributed by atoms with Crippen molar-refractivity contribution in [2.45, 2.75) is 13.5 Å². The van der Waals surface area contributed by atoms with E-state index in [0.29, 0.717) is 28.9 Å². The van der Waals surface area contributed by atoms with E-state index in [9.17, 15) is 9.59 Å². The molecule has 2 rings (SSSR count). The van der Waals surface area contributed by atoms with Crippen LogP contribution in [0.15, 0.2) is 35.7 Å². The van der Waals surface area contributed by atoms with Crippen LogP contribution in [0, 0.1) is 0 Å². The Bertz CT molecular complexity index is 723. The molecule has 0 aliphatic heterocycles. The lowest BCUT2D eigenvalue weighted by Gasteiger charge is -2.20. The molecule has 2 amide bonds. The molecule has 2 aromatic rings. The normalized spacial score (nSPS) is 10.4. The zero-order valence-electron chi connectivity index (χ0n) is 13.6. The lowest BCUT2D eigenvalue weighted by Crippen LogP contribution is -2.42. The van der Waals surface area contributed by atoms with Crippen LogP contribution in [0.2, 0.25) is 10.0 Å². The predicted octanol–water partition coefficient (Wildman–Crippen LogP) is 3.60. The van der Waals surface area contributed by atoms with E-state index >= 15 is 0 Å². The molecule has 0 unspecified atom stereocenters. The molecule has 0 spiro atoms. The highest BCUT2D eigenvalue weighted by Crippen LogP contribution is 2.27. The Kier molecular flexibility index (Phi) is 7.55. The third kappa shape index (κ3) is 6.23. The number of likely N-dealkylation sites (N-methyl/N-ethyl adjacent to an activating group) is 1. The van der Waals surface area contributed by atoms with Gasteiger partial charge in [-0.2, -0.15) is 0 Å². The van der Waals surface area contributed by atoms with Crippen LogP contribution in [0.3, 0.4) is 0 Å². The molecule has 134 valence electrons. The zero-order chi connectivity index (χ0) is 18.2. The van der Waals surface area contributed by atoms with Crippen LogP contribution in [0.25, 0.3) is 0 Å². The topological polar surface area (TPSA) is 58.6 Å².